The van der Waals surface area contributed by atoms with E-state index in [1.54, 1.807) is 23.2 Å². The van der Waals surface area contributed by atoms with Gasteiger partial charge in [0.05, 0.1) is 11.2 Å². The third-order valence-corrected chi connectivity index (χ3v) is 7.09. The molecular weight excluding hydrogens is 469 g/mol. The zero-order chi connectivity index (χ0) is 25.7. The molecule has 9 heteroatoms. The lowest BCUT2D eigenvalue weighted by Crippen LogP contribution is -2.63. The van der Waals surface area contributed by atoms with Crippen molar-refractivity contribution in [3.05, 3.63) is 77.9 Å². The number of ketones is 1. The highest BCUT2D eigenvalue weighted by Gasteiger charge is 2.49. The van der Waals surface area contributed by atoms with Gasteiger partial charge in [0.1, 0.15) is 5.69 Å². The predicted molar refractivity (Wildman–Crippen MR) is 131 cm³/mol. The third kappa shape index (κ3) is 4.32. The molecule has 36 heavy (non-hydrogen) atoms. The van der Waals surface area contributed by atoms with E-state index in [4.69, 9.17) is 0 Å². The normalized spacial score (nSPS) is 18.6. The van der Waals surface area contributed by atoms with Gasteiger partial charge in [-0.2, -0.15) is 13.2 Å². The molecule has 0 bridgehead atoms. The number of aromatic nitrogens is 2. The molecule has 0 aliphatic carbocycles. The zero-order valence-corrected chi connectivity index (χ0v) is 20.1. The fraction of sp³-hybridized carbons (Fsp3) is 0.370. The fourth-order valence-electron chi connectivity index (χ4n) is 5.50. The van der Waals surface area contributed by atoms with Crippen LogP contribution >= 0.6 is 0 Å². The summed E-state index contributed by atoms with van der Waals surface area (Å²) < 4.78 is 41.1. The summed E-state index contributed by atoms with van der Waals surface area (Å²) in [5.74, 6) is -2.01. The van der Waals surface area contributed by atoms with Crippen molar-refractivity contribution in [1.82, 2.24) is 19.8 Å². The van der Waals surface area contributed by atoms with Crippen molar-refractivity contribution in [2.75, 3.05) is 13.1 Å². The Balaban J connectivity index is 0.00000320. The zero-order valence-electron chi connectivity index (χ0n) is 20.1. The number of amides is 1. The van der Waals surface area contributed by atoms with Crippen molar-refractivity contribution in [2.24, 2.45) is 0 Å². The van der Waals surface area contributed by atoms with Gasteiger partial charge in [0.15, 0.2) is 0 Å². The summed E-state index contributed by atoms with van der Waals surface area (Å²) in [6.45, 7) is 4.90. The number of carbonyl (C=O) groups excluding carboxylic acids is 2. The number of fused-ring (bicyclic) bond motifs is 2. The lowest BCUT2D eigenvalue weighted by atomic mass is 9.79. The maximum Gasteiger partial charge on any atom is 0.456 e. The van der Waals surface area contributed by atoms with Gasteiger partial charge in [-0.25, -0.2) is 0 Å². The number of Topliss-reactive ketones (excluding diaryl/α,β-unsaturated/α-hetero) is 1. The van der Waals surface area contributed by atoms with E-state index in [-0.39, 0.29) is 19.6 Å². The number of alkyl halides is 3. The second-order valence-electron chi connectivity index (χ2n) is 10.2. The number of nitrogens with one attached hydrogen (secondary N) is 1. The molecule has 2 aliphatic rings. The van der Waals surface area contributed by atoms with Gasteiger partial charge in [0.2, 0.25) is 0 Å². The largest absolute Gasteiger partial charge is 0.456 e. The van der Waals surface area contributed by atoms with E-state index in [0.29, 0.717) is 37.3 Å². The van der Waals surface area contributed by atoms with Crippen LogP contribution in [0.25, 0.3) is 11.1 Å². The smallest absolute Gasteiger partial charge is 0.338 e. The number of halogens is 3. The summed E-state index contributed by atoms with van der Waals surface area (Å²) in [7, 11) is 0. The molecule has 1 saturated heterocycles. The van der Waals surface area contributed by atoms with Crippen molar-refractivity contribution >= 4 is 11.7 Å². The van der Waals surface area contributed by atoms with E-state index in [2.05, 4.69) is 10.3 Å². The molecule has 0 unspecified atom stereocenters. The highest BCUT2D eigenvalue weighted by Crippen LogP contribution is 2.41. The molecule has 5 rings (SSSR count). The Morgan fingerprint density at radius 3 is 2.28 bits per heavy atom. The Kier molecular flexibility index (Phi) is 5.78. The van der Waals surface area contributed by atoms with E-state index in [0.717, 1.165) is 11.1 Å². The number of hydrogen-bond donors (Lipinski definition) is 1. The highest BCUT2D eigenvalue weighted by molar-refractivity contribution is 5.99. The van der Waals surface area contributed by atoms with E-state index >= 15 is 0 Å². The number of pyridine rings is 1. The number of hydrogen-bond acceptors (Lipinski definition) is 4. The Hall–Kier alpha value is -3.46. The van der Waals surface area contributed by atoms with Gasteiger partial charge in [-0.3, -0.25) is 19.9 Å². The molecule has 1 N–H and O–H groups in total. The topological polar surface area (TPSA) is 67.2 Å². The van der Waals surface area contributed by atoms with Crippen LogP contribution in [0.5, 0.6) is 0 Å². The number of likely N-dealkylation sites (tertiary alicyclic amines) is 1. The van der Waals surface area contributed by atoms with Gasteiger partial charge >= 0.3 is 6.18 Å². The fourth-order valence-corrected chi connectivity index (χ4v) is 5.50. The Morgan fingerprint density at radius 2 is 1.67 bits per heavy atom. The average molecular weight is 499 g/mol. The highest BCUT2D eigenvalue weighted by atomic mass is 19.4. The number of piperidine rings is 1. The summed E-state index contributed by atoms with van der Waals surface area (Å²) in [5.41, 5.74) is 1.44. The SMILES string of the molecule is CC1(C)Cn2c(C(=O)C(F)(F)F)ccc2C2(CCN(C(=O)c3ccc(-c4ccccc4)cn3)CC2)N1.[HH]. The molecule has 0 radical (unpaired) electrons. The van der Waals surface area contributed by atoms with Gasteiger partial charge in [0.25, 0.3) is 11.7 Å². The summed E-state index contributed by atoms with van der Waals surface area (Å²) in [4.78, 5) is 31.3. The van der Waals surface area contributed by atoms with Crippen molar-refractivity contribution in [3.8, 4) is 11.1 Å². The minimum atomic E-state index is -4.93. The molecule has 1 fully saturated rings. The van der Waals surface area contributed by atoms with Crippen molar-refractivity contribution < 1.29 is 24.2 Å². The minimum absolute atomic E-state index is 0. The summed E-state index contributed by atoms with van der Waals surface area (Å²) in [6.07, 6.45) is -2.23. The molecule has 3 aromatic rings. The summed E-state index contributed by atoms with van der Waals surface area (Å²) >= 11 is 0. The molecule has 0 atom stereocenters. The number of nitrogens with zero attached hydrogens (tertiary/aromatic N) is 3. The lowest BCUT2D eigenvalue weighted by molar-refractivity contribution is -0.0892. The first-order chi connectivity index (χ1) is 17.0. The molecule has 6 nitrogen and oxygen atoms in total. The van der Waals surface area contributed by atoms with Crippen LogP contribution in [0.15, 0.2) is 60.8 Å². The van der Waals surface area contributed by atoms with E-state index in [9.17, 15) is 22.8 Å². The predicted octanol–water partition coefficient (Wildman–Crippen LogP) is 5.05. The van der Waals surface area contributed by atoms with Gasteiger partial charge in [-0.05, 0) is 50.5 Å². The van der Waals surface area contributed by atoms with Crippen LogP contribution in [-0.2, 0) is 12.1 Å². The molecule has 4 heterocycles. The molecule has 1 spiro atoms. The molecule has 0 saturated carbocycles. The number of carbonyl (C=O) groups is 2. The first-order valence-corrected chi connectivity index (χ1v) is 11.9. The molecule has 190 valence electrons. The second kappa shape index (κ2) is 8.58. The standard InChI is InChI=1S/C27H27F3N4O2.H2/c1-25(2)17-34-21(23(35)27(28,29)30)10-11-22(34)26(32-25)12-14-33(15-13-26)24(36)20-9-8-19(16-31-20)18-6-4-3-5-7-18;/h3-11,16,32H,12-15,17H2,1-2H3;1H. The van der Waals surface area contributed by atoms with Crippen LogP contribution < -0.4 is 5.32 Å². The maximum atomic E-state index is 13.2. The van der Waals surface area contributed by atoms with Crippen molar-refractivity contribution in [3.63, 3.8) is 0 Å². The van der Waals surface area contributed by atoms with Gasteiger partial charge < -0.3 is 9.47 Å². The van der Waals surface area contributed by atoms with Crippen LogP contribution in [0.1, 0.15) is 54.8 Å². The Bertz CT molecular complexity index is 1300. The van der Waals surface area contributed by atoms with E-state index in [1.165, 1.54) is 10.6 Å². The Labute approximate surface area is 208 Å². The monoisotopic (exact) mass is 498 g/mol. The van der Waals surface area contributed by atoms with Gasteiger partial charge in [-0.15, -0.1) is 0 Å². The van der Waals surface area contributed by atoms with Crippen LogP contribution in [0.3, 0.4) is 0 Å². The second-order valence-corrected chi connectivity index (χ2v) is 10.2. The first-order valence-electron chi connectivity index (χ1n) is 11.9. The maximum absolute atomic E-state index is 13.2. The van der Waals surface area contributed by atoms with Crippen molar-refractivity contribution in [1.29, 1.82) is 0 Å². The van der Waals surface area contributed by atoms with Crippen LogP contribution in [0.4, 0.5) is 13.2 Å². The van der Waals surface area contributed by atoms with Crippen LogP contribution in [-0.4, -0.2) is 50.9 Å². The van der Waals surface area contributed by atoms with Gasteiger partial charge in [0, 0.05) is 44.1 Å². The number of benzene rings is 1. The van der Waals surface area contributed by atoms with E-state index in [1.807, 2.05) is 50.2 Å². The summed E-state index contributed by atoms with van der Waals surface area (Å²) in [6, 6.07) is 16.2. The van der Waals surface area contributed by atoms with Crippen LogP contribution in [0, 0.1) is 0 Å². The number of rotatable bonds is 3. The molecular formula is C27H29F3N4O2. The lowest BCUT2D eigenvalue weighted by Gasteiger charge is -2.51. The molecule has 2 aromatic heterocycles. The molecule has 2 aliphatic heterocycles. The summed E-state index contributed by atoms with van der Waals surface area (Å²) in [5, 5.41) is 3.61. The molecule has 1 aromatic carbocycles. The first kappa shape index (κ1) is 24.2. The Morgan fingerprint density at radius 1 is 0.972 bits per heavy atom. The quantitative estimate of drug-likeness (QED) is 0.513. The third-order valence-electron chi connectivity index (χ3n) is 7.09. The molecule has 1 amide bonds. The average Bonchev–Trinajstić information content (AvgIpc) is 3.27. The van der Waals surface area contributed by atoms with Crippen molar-refractivity contribution in [2.45, 2.75) is 50.5 Å². The van der Waals surface area contributed by atoms with E-state index < -0.39 is 23.0 Å². The van der Waals surface area contributed by atoms with Crippen LogP contribution in [0.2, 0.25) is 0 Å². The van der Waals surface area contributed by atoms with Gasteiger partial charge in [-0.1, -0.05) is 36.4 Å². The minimum Gasteiger partial charge on any atom is -0.338 e.